The number of carbonyl (C=O) groups is 2. The van der Waals surface area contributed by atoms with Gasteiger partial charge in [0.25, 0.3) is 5.91 Å². The Morgan fingerprint density at radius 3 is 2.79 bits per heavy atom. The molecule has 0 saturated carbocycles. The fourth-order valence-corrected chi connectivity index (χ4v) is 2.86. The van der Waals surface area contributed by atoms with Crippen molar-refractivity contribution in [1.82, 2.24) is 0 Å². The van der Waals surface area contributed by atoms with Gasteiger partial charge in [-0.2, -0.15) is 0 Å². The Balaban J connectivity index is 1.59. The van der Waals surface area contributed by atoms with Crippen molar-refractivity contribution in [1.29, 1.82) is 0 Å². The Labute approximate surface area is 142 Å². The van der Waals surface area contributed by atoms with Crippen LogP contribution in [0.1, 0.15) is 6.92 Å². The van der Waals surface area contributed by atoms with Gasteiger partial charge in [0.1, 0.15) is 11.6 Å². The molecule has 24 heavy (non-hydrogen) atoms. The Hall–Kier alpha value is -2.54. The lowest BCUT2D eigenvalue weighted by molar-refractivity contribution is -0.122. The molecule has 0 unspecified atom stereocenters. The van der Waals surface area contributed by atoms with Gasteiger partial charge >= 0.3 is 0 Å². The molecule has 0 aromatic heterocycles. The normalized spacial score (nSPS) is 15.9. The summed E-state index contributed by atoms with van der Waals surface area (Å²) in [7, 11) is 0. The van der Waals surface area contributed by atoms with Gasteiger partial charge in [-0.3, -0.25) is 9.59 Å². The van der Waals surface area contributed by atoms with Crippen LogP contribution < -0.4 is 15.4 Å². The van der Waals surface area contributed by atoms with Crippen molar-refractivity contribution in [2.24, 2.45) is 0 Å². The van der Waals surface area contributed by atoms with E-state index < -0.39 is 6.10 Å². The molecule has 7 heteroatoms. The first kappa shape index (κ1) is 16.3. The molecule has 2 aromatic carbocycles. The lowest BCUT2D eigenvalue weighted by Gasteiger charge is -2.23. The highest BCUT2D eigenvalue weighted by Gasteiger charge is 2.23. The number of amides is 2. The van der Waals surface area contributed by atoms with Gasteiger partial charge in [0.15, 0.2) is 6.10 Å². The van der Waals surface area contributed by atoms with Crippen molar-refractivity contribution in [3.05, 3.63) is 48.3 Å². The molecular formula is C17H15FN2O3S. The molecular weight excluding hydrogens is 331 g/mol. The van der Waals surface area contributed by atoms with Crippen LogP contribution in [-0.4, -0.2) is 23.7 Å². The maximum Gasteiger partial charge on any atom is 0.265 e. The average Bonchev–Trinajstić information content (AvgIpc) is 2.56. The summed E-state index contributed by atoms with van der Waals surface area (Å²) in [5.41, 5.74) is 1.10. The van der Waals surface area contributed by atoms with E-state index >= 15 is 0 Å². The SMILES string of the molecule is C[C@H]1Oc2ccc(NC(=O)CSc3ccc(F)cc3)cc2NC1=O. The molecule has 2 amide bonds. The number of fused-ring (bicyclic) bond motifs is 1. The molecule has 2 N–H and O–H groups in total. The van der Waals surface area contributed by atoms with Crippen LogP contribution in [0.4, 0.5) is 15.8 Å². The van der Waals surface area contributed by atoms with E-state index in [0.717, 1.165) is 4.90 Å². The number of benzene rings is 2. The highest BCUT2D eigenvalue weighted by Crippen LogP contribution is 2.32. The summed E-state index contributed by atoms with van der Waals surface area (Å²) in [5, 5.41) is 5.49. The molecule has 0 aliphatic carbocycles. The van der Waals surface area contributed by atoms with Crippen LogP contribution in [0.15, 0.2) is 47.4 Å². The lowest BCUT2D eigenvalue weighted by Crippen LogP contribution is -2.34. The minimum Gasteiger partial charge on any atom is -0.479 e. The van der Waals surface area contributed by atoms with Crippen LogP contribution >= 0.6 is 11.8 Å². The summed E-state index contributed by atoms with van der Waals surface area (Å²) in [6.07, 6.45) is -0.537. The largest absolute Gasteiger partial charge is 0.479 e. The third-order valence-corrected chi connectivity index (χ3v) is 4.39. The quantitative estimate of drug-likeness (QED) is 0.834. The van der Waals surface area contributed by atoms with Crippen molar-refractivity contribution in [2.75, 3.05) is 16.4 Å². The van der Waals surface area contributed by atoms with Gasteiger partial charge in [-0.1, -0.05) is 0 Å². The van der Waals surface area contributed by atoms with Crippen LogP contribution in [0, 0.1) is 5.82 Å². The molecule has 3 rings (SSSR count). The zero-order valence-electron chi connectivity index (χ0n) is 12.8. The van der Waals surface area contributed by atoms with Crippen LogP contribution in [0.25, 0.3) is 0 Å². The van der Waals surface area contributed by atoms with E-state index in [1.165, 1.54) is 23.9 Å². The number of carbonyl (C=O) groups excluding carboxylic acids is 2. The molecule has 2 aromatic rings. The van der Waals surface area contributed by atoms with Crippen molar-refractivity contribution >= 4 is 35.0 Å². The number of hydrogen-bond acceptors (Lipinski definition) is 4. The second kappa shape index (κ2) is 6.92. The van der Waals surface area contributed by atoms with Gasteiger partial charge in [-0.05, 0) is 49.4 Å². The number of ether oxygens (including phenoxy) is 1. The number of anilines is 2. The zero-order chi connectivity index (χ0) is 17.1. The molecule has 1 aliphatic rings. The third kappa shape index (κ3) is 3.86. The van der Waals surface area contributed by atoms with E-state index in [2.05, 4.69) is 10.6 Å². The molecule has 0 saturated heterocycles. The van der Waals surface area contributed by atoms with E-state index in [4.69, 9.17) is 4.74 Å². The van der Waals surface area contributed by atoms with Crippen LogP contribution in [0.5, 0.6) is 5.75 Å². The first-order chi connectivity index (χ1) is 11.5. The molecule has 0 spiro atoms. The Morgan fingerprint density at radius 2 is 2.04 bits per heavy atom. The predicted molar refractivity (Wildman–Crippen MR) is 90.9 cm³/mol. The van der Waals surface area contributed by atoms with Crippen LogP contribution in [0.3, 0.4) is 0 Å². The third-order valence-electron chi connectivity index (χ3n) is 3.38. The van der Waals surface area contributed by atoms with Gasteiger partial charge in [0, 0.05) is 10.6 Å². The average molecular weight is 346 g/mol. The highest BCUT2D eigenvalue weighted by atomic mass is 32.2. The van der Waals surface area contributed by atoms with Crippen molar-refractivity contribution in [3.63, 3.8) is 0 Å². The molecule has 1 aliphatic heterocycles. The monoisotopic (exact) mass is 346 g/mol. The molecule has 0 fully saturated rings. The van der Waals surface area contributed by atoms with Crippen molar-refractivity contribution in [3.8, 4) is 5.75 Å². The Morgan fingerprint density at radius 1 is 1.29 bits per heavy atom. The number of thioether (sulfide) groups is 1. The van der Waals surface area contributed by atoms with E-state index in [-0.39, 0.29) is 23.4 Å². The Bertz CT molecular complexity index is 780. The van der Waals surface area contributed by atoms with Gasteiger partial charge in [0.05, 0.1) is 11.4 Å². The summed E-state index contributed by atoms with van der Waals surface area (Å²) in [6.45, 7) is 1.67. The maximum absolute atomic E-state index is 12.8. The van der Waals surface area contributed by atoms with Crippen LogP contribution in [0.2, 0.25) is 0 Å². The molecule has 0 radical (unpaired) electrons. The topological polar surface area (TPSA) is 67.4 Å². The Kier molecular flexibility index (Phi) is 4.71. The van der Waals surface area contributed by atoms with E-state index in [1.807, 2.05) is 0 Å². The summed E-state index contributed by atoms with van der Waals surface area (Å²) >= 11 is 1.31. The van der Waals surface area contributed by atoms with E-state index in [1.54, 1.807) is 37.3 Å². The van der Waals surface area contributed by atoms with E-state index in [9.17, 15) is 14.0 Å². The smallest absolute Gasteiger partial charge is 0.265 e. The van der Waals surface area contributed by atoms with E-state index in [0.29, 0.717) is 17.1 Å². The summed E-state index contributed by atoms with van der Waals surface area (Å²) < 4.78 is 18.3. The lowest BCUT2D eigenvalue weighted by atomic mass is 10.2. The molecule has 1 atom stereocenters. The van der Waals surface area contributed by atoms with Gasteiger partial charge in [0.2, 0.25) is 5.91 Å². The first-order valence-electron chi connectivity index (χ1n) is 7.31. The highest BCUT2D eigenvalue weighted by molar-refractivity contribution is 8.00. The minimum absolute atomic E-state index is 0.194. The van der Waals surface area contributed by atoms with Gasteiger partial charge in [-0.25, -0.2) is 4.39 Å². The molecule has 0 bridgehead atoms. The second-order valence-electron chi connectivity index (χ2n) is 5.25. The van der Waals surface area contributed by atoms with Crippen molar-refractivity contribution in [2.45, 2.75) is 17.9 Å². The molecule has 1 heterocycles. The summed E-state index contributed by atoms with van der Waals surface area (Å²) in [6, 6.07) is 11.0. The fourth-order valence-electron chi connectivity index (χ4n) is 2.16. The molecule has 124 valence electrons. The number of hydrogen-bond donors (Lipinski definition) is 2. The summed E-state index contributed by atoms with van der Waals surface area (Å²) in [5.74, 6) is 0.0403. The fraction of sp³-hybridized carbons (Fsp3) is 0.176. The second-order valence-corrected chi connectivity index (χ2v) is 6.30. The number of halogens is 1. The standard InChI is InChI=1S/C17H15FN2O3S/c1-10-17(22)20-14-8-12(4-7-15(14)23-10)19-16(21)9-24-13-5-2-11(18)3-6-13/h2-8,10H,9H2,1H3,(H,19,21)(H,20,22)/t10-/m1/s1. The predicted octanol–water partition coefficient (Wildman–Crippen LogP) is 3.28. The van der Waals surface area contributed by atoms with Crippen molar-refractivity contribution < 1.29 is 18.7 Å². The van der Waals surface area contributed by atoms with Gasteiger partial charge in [-0.15, -0.1) is 11.8 Å². The summed E-state index contributed by atoms with van der Waals surface area (Å²) in [4.78, 5) is 24.4. The number of rotatable bonds is 4. The maximum atomic E-state index is 12.8. The minimum atomic E-state index is -0.537. The van der Waals surface area contributed by atoms with Gasteiger partial charge < -0.3 is 15.4 Å². The zero-order valence-corrected chi connectivity index (χ0v) is 13.7. The number of nitrogens with one attached hydrogen (secondary N) is 2. The molecule has 5 nitrogen and oxygen atoms in total. The van der Waals surface area contributed by atoms with Crippen LogP contribution in [-0.2, 0) is 9.59 Å². The first-order valence-corrected chi connectivity index (χ1v) is 8.29.